The van der Waals surface area contributed by atoms with Crippen molar-refractivity contribution < 1.29 is 9.84 Å². The average Bonchev–Trinajstić information content (AvgIpc) is 2.46. The number of pyridine rings is 1. The summed E-state index contributed by atoms with van der Waals surface area (Å²) in [6.07, 6.45) is 6.61. The van der Waals surface area contributed by atoms with Gasteiger partial charge in [0, 0.05) is 17.9 Å². The molecule has 1 saturated carbocycles. The van der Waals surface area contributed by atoms with Crippen molar-refractivity contribution in [2.75, 3.05) is 0 Å². The maximum Gasteiger partial charge on any atom is 0.229 e. The van der Waals surface area contributed by atoms with Crippen LogP contribution in [0.5, 0.6) is 5.88 Å². The number of hydrogen-bond donors (Lipinski definition) is 1. The van der Waals surface area contributed by atoms with Crippen LogP contribution in [0.3, 0.4) is 0 Å². The molecule has 1 aromatic heterocycles. The normalized spacial score (nSPS) is 21.6. The molecule has 0 spiro atoms. The lowest BCUT2D eigenvalue weighted by Gasteiger charge is -2.35. The third-order valence-corrected chi connectivity index (χ3v) is 4.74. The quantitative estimate of drug-likeness (QED) is 0.857. The highest BCUT2D eigenvalue weighted by Crippen LogP contribution is 2.40. The van der Waals surface area contributed by atoms with Crippen molar-refractivity contribution in [1.29, 1.82) is 5.26 Å². The molecule has 0 aromatic carbocycles. The van der Waals surface area contributed by atoms with Gasteiger partial charge in [-0.25, -0.2) is 4.98 Å². The zero-order valence-corrected chi connectivity index (χ0v) is 12.8. The molecular weight excluding hydrogens is 264 g/mol. The van der Waals surface area contributed by atoms with Crippen LogP contribution in [0.4, 0.5) is 0 Å². The first-order valence-electron chi connectivity index (χ1n) is 7.80. The van der Waals surface area contributed by atoms with Crippen LogP contribution in [-0.2, 0) is 17.8 Å². The molecule has 0 bridgehead atoms. The molecule has 4 nitrogen and oxygen atoms in total. The number of ether oxygens (including phenoxy) is 1. The molecule has 0 unspecified atom stereocenters. The van der Waals surface area contributed by atoms with Crippen LogP contribution in [0.1, 0.15) is 74.3 Å². The summed E-state index contributed by atoms with van der Waals surface area (Å²) in [5, 5.41) is 19.5. The molecule has 0 saturated heterocycles. The third-order valence-electron chi connectivity index (χ3n) is 4.74. The van der Waals surface area contributed by atoms with E-state index in [4.69, 9.17) is 4.74 Å². The van der Waals surface area contributed by atoms with Gasteiger partial charge in [0.25, 0.3) is 0 Å². The SMILES string of the molecule is CC1(C)Cc2c(C#N)c(O)nc(C3CCCCC3)c2CO1. The van der Waals surface area contributed by atoms with Gasteiger partial charge in [-0.05, 0) is 32.3 Å². The summed E-state index contributed by atoms with van der Waals surface area (Å²) >= 11 is 0. The molecule has 3 rings (SSSR count). The van der Waals surface area contributed by atoms with Gasteiger partial charge >= 0.3 is 0 Å². The van der Waals surface area contributed by atoms with Crippen LogP contribution in [0.25, 0.3) is 0 Å². The molecule has 0 atom stereocenters. The first-order chi connectivity index (χ1) is 10.0. The third kappa shape index (κ3) is 2.63. The van der Waals surface area contributed by atoms with Crippen molar-refractivity contribution in [3.05, 3.63) is 22.4 Å². The number of fused-ring (bicyclic) bond motifs is 1. The lowest BCUT2D eigenvalue weighted by Crippen LogP contribution is -2.33. The predicted octanol–water partition coefficient (Wildman–Crippen LogP) is 3.56. The van der Waals surface area contributed by atoms with E-state index in [1.54, 1.807) is 0 Å². The Morgan fingerprint density at radius 1 is 1.24 bits per heavy atom. The zero-order valence-electron chi connectivity index (χ0n) is 12.8. The number of nitrogens with zero attached hydrogens (tertiary/aromatic N) is 2. The van der Waals surface area contributed by atoms with Crippen molar-refractivity contribution >= 4 is 0 Å². The van der Waals surface area contributed by atoms with Crippen LogP contribution in [0, 0.1) is 11.3 Å². The second-order valence-corrected chi connectivity index (χ2v) is 6.82. The molecule has 1 aliphatic heterocycles. The Labute approximate surface area is 125 Å². The number of nitriles is 1. The van der Waals surface area contributed by atoms with Gasteiger partial charge in [-0.15, -0.1) is 0 Å². The minimum absolute atomic E-state index is 0.102. The largest absolute Gasteiger partial charge is 0.492 e. The molecule has 21 heavy (non-hydrogen) atoms. The summed E-state index contributed by atoms with van der Waals surface area (Å²) in [7, 11) is 0. The Bertz CT molecular complexity index is 596. The van der Waals surface area contributed by atoms with E-state index in [0.717, 1.165) is 29.7 Å². The fourth-order valence-electron chi connectivity index (χ4n) is 3.61. The van der Waals surface area contributed by atoms with Gasteiger partial charge in [0.1, 0.15) is 11.6 Å². The maximum absolute atomic E-state index is 10.2. The maximum atomic E-state index is 10.2. The summed E-state index contributed by atoms with van der Waals surface area (Å²) in [6.45, 7) is 4.54. The molecule has 2 aliphatic rings. The highest BCUT2D eigenvalue weighted by atomic mass is 16.5. The van der Waals surface area contributed by atoms with E-state index in [1.807, 2.05) is 13.8 Å². The van der Waals surface area contributed by atoms with Gasteiger partial charge < -0.3 is 9.84 Å². The van der Waals surface area contributed by atoms with Gasteiger partial charge in [0.2, 0.25) is 5.88 Å². The molecule has 2 heterocycles. The zero-order chi connectivity index (χ0) is 15.0. The van der Waals surface area contributed by atoms with Gasteiger partial charge in [0.15, 0.2) is 0 Å². The smallest absolute Gasteiger partial charge is 0.229 e. The first-order valence-corrected chi connectivity index (χ1v) is 7.80. The Morgan fingerprint density at radius 3 is 2.62 bits per heavy atom. The minimum atomic E-state index is -0.295. The van der Waals surface area contributed by atoms with Gasteiger partial charge in [-0.3, -0.25) is 0 Å². The van der Waals surface area contributed by atoms with Crippen molar-refractivity contribution in [1.82, 2.24) is 4.98 Å². The topological polar surface area (TPSA) is 66.1 Å². The molecule has 1 N–H and O–H groups in total. The Hall–Kier alpha value is -1.60. The number of aromatic hydroxyl groups is 1. The van der Waals surface area contributed by atoms with Gasteiger partial charge in [-0.1, -0.05) is 19.3 Å². The monoisotopic (exact) mass is 286 g/mol. The second kappa shape index (κ2) is 5.31. The lowest BCUT2D eigenvalue weighted by atomic mass is 9.81. The van der Waals surface area contributed by atoms with Crippen LogP contribution >= 0.6 is 0 Å². The first kappa shape index (κ1) is 14.3. The van der Waals surface area contributed by atoms with E-state index in [9.17, 15) is 10.4 Å². The summed E-state index contributed by atoms with van der Waals surface area (Å²) < 4.78 is 5.93. The molecule has 112 valence electrons. The molecule has 0 radical (unpaired) electrons. The summed E-state index contributed by atoms with van der Waals surface area (Å²) in [5.74, 6) is 0.297. The predicted molar refractivity (Wildman–Crippen MR) is 79.0 cm³/mol. The number of rotatable bonds is 1. The van der Waals surface area contributed by atoms with E-state index in [-0.39, 0.29) is 11.5 Å². The Morgan fingerprint density at radius 2 is 1.95 bits per heavy atom. The van der Waals surface area contributed by atoms with Crippen LogP contribution in [0.15, 0.2) is 0 Å². The lowest BCUT2D eigenvalue weighted by molar-refractivity contribution is -0.0410. The fraction of sp³-hybridized carbons (Fsp3) is 0.647. The Balaban J connectivity index is 2.10. The van der Waals surface area contributed by atoms with E-state index >= 15 is 0 Å². The molecule has 1 aliphatic carbocycles. The van der Waals surface area contributed by atoms with Crippen LogP contribution in [-0.4, -0.2) is 15.7 Å². The summed E-state index contributed by atoms with van der Waals surface area (Å²) in [4.78, 5) is 4.38. The van der Waals surface area contributed by atoms with E-state index < -0.39 is 0 Å². The average molecular weight is 286 g/mol. The molecule has 1 fully saturated rings. The summed E-state index contributed by atoms with van der Waals surface area (Å²) in [6, 6.07) is 2.12. The van der Waals surface area contributed by atoms with Crippen molar-refractivity contribution in [3.63, 3.8) is 0 Å². The van der Waals surface area contributed by atoms with Gasteiger partial charge in [0.05, 0.1) is 17.9 Å². The van der Waals surface area contributed by atoms with Crippen LogP contribution in [0.2, 0.25) is 0 Å². The Kier molecular flexibility index (Phi) is 3.62. The summed E-state index contributed by atoms with van der Waals surface area (Å²) in [5.41, 5.74) is 3.01. The second-order valence-electron chi connectivity index (χ2n) is 6.82. The van der Waals surface area contributed by atoms with Crippen molar-refractivity contribution in [2.24, 2.45) is 0 Å². The van der Waals surface area contributed by atoms with E-state index in [0.29, 0.717) is 24.5 Å². The molecular formula is C17H22N2O2. The van der Waals surface area contributed by atoms with E-state index in [2.05, 4.69) is 11.1 Å². The van der Waals surface area contributed by atoms with Crippen molar-refractivity contribution in [2.45, 2.75) is 70.5 Å². The molecule has 0 amide bonds. The number of aromatic nitrogens is 1. The minimum Gasteiger partial charge on any atom is -0.492 e. The standard InChI is InChI=1S/C17H22N2O2/c1-17(2)8-12-13(9-18)16(20)19-15(14(12)10-21-17)11-6-4-3-5-7-11/h11H,3-8,10H2,1-2H3,(H,19,20). The van der Waals surface area contributed by atoms with Gasteiger partial charge in [-0.2, -0.15) is 5.26 Å². The fourth-order valence-corrected chi connectivity index (χ4v) is 3.61. The van der Waals surface area contributed by atoms with Crippen LogP contribution < -0.4 is 0 Å². The van der Waals surface area contributed by atoms with E-state index in [1.165, 1.54) is 19.3 Å². The molecule has 1 aromatic rings. The highest BCUT2D eigenvalue weighted by Gasteiger charge is 2.33. The molecule has 4 heteroatoms. The van der Waals surface area contributed by atoms with Crippen molar-refractivity contribution in [3.8, 4) is 11.9 Å². The number of hydrogen-bond acceptors (Lipinski definition) is 4. The highest BCUT2D eigenvalue weighted by molar-refractivity contribution is 5.52.